The second-order valence-corrected chi connectivity index (χ2v) is 19.2. The number of carbonyl (C=O) groups is 1. The number of rotatable bonds is 14. The molecular weight excluding hydrogens is 598 g/mol. The number of esters is 1. The van der Waals surface area contributed by atoms with Crippen LogP contribution in [0.3, 0.4) is 0 Å². The Kier molecular flexibility index (Phi) is 12.1. The lowest BCUT2D eigenvalue weighted by Crippen LogP contribution is -2.40. The molecule has 10 nitrogen and oxygen atoms in total. The highest BCUT2D eigenvalue weighted by Crippen LogP contribution is 2.38. The molecule has 2 aromatic carbocycles. The summed E-state index contributed by atoms with van der Waals surface area (Å²) >= 11 is 6.42. The summed E-state index contributed by atoms with van der Waals surface area (Å²) in [6.07, 6.45) is 4.43. The molecule has 230 valence electrons. The number of benzene rings is 2. The highest BCUT2D eigenvalue weighted by Gasteiger charge is 2.28. The van der Waals surface area contributed by atoms with E-state index in [-0.39, 0.29) is 34.7 Å². The summed E-state index contributed by atoms with van der Waals surface area (Å²) in [5, 5.41) is 20.2. The quantitative estimate of drug-likeness (QED) is 0.111. The number of carbonyl (C=O) groups excluding carboxylic acids is 1. The third-order valence-electron chi connectivity index (χ3n) is 7.05. The molecule has 0 aromatic heterocycles. The van der Waals surface area contributed by atoms with Crippen molar-refractivity contribution in [3.63, 3.8) is 0 Å². The number of anilines is 2. The number of ether oxygens (including phenoxy) is 3. The van der Waals surface area contributed by atoms with E-state index in [9.17, 15) is 23.6 Å². The second kappa shape index (κ2) is 15.1. The van der Waals surface area contributed by atoms with Crippen LogP contribution < -0.4 is 9.62 Å². The molecular formula is C29H40ClN3O7SSi. The van der Waals surface area contributed by atoms with Crippen LogP contribution in [0.25, 0.3) is 0 Å². The topological polar surface area (TPSA) is 138 Å². The smallest absolute Gasteiger partial charge is 0.337 e. The van der Waals surface area contributed by atoms with Crippen molar-refractivity contribution >= 4 is 47.0 Å². The first-order valence-electron chi connectivity index (χ1n) is 14.0. The second-order valence-electron chi connectivity index (χ2n) is 11.5. The van der Waals surface area contributed by atoms with Gasteiger partial charge < -0.3 is 24.2 Å². The first-order chi connectivity index (χ1) is 19.9. The molecule has 1 aliphatic heterocycles. The molecule has 0 radical (unpaired) electrons. The third kappa shape index (κ3) is 9.34. The van der Waals surface area contributed by atoms with Crippen LogP contribution >= 0.6 is 11.6 Å². The number of nitriles is 1. The lowest BCUT2D eigenvalue weighted by atomic mass is 9.96. The molecule has 0 bridgehead atoms. The number of methoxy groups -OCH3 is 1. The molecule has 1 fully saturated rings. The Morgan fingerprint density at radius 3 is 2.62 bits per heavy atom. The molecule has 1 saturated heterocycles. The average Bonchev–Trinajstić information content (AvgIpc) is 2.94. The summed E-state index contributed by atoms with van der Waals surface area (Å²) in [6.45, 7) is 9.09. The fourth-order valence-corrected chi connectivity index (χ4v) is 6.88. The maximum Gasteiger partial charge on any atom is 0.337 e. The Morgan fingerprint density at radius 1 is 1.19 bits per heavy atom. The van der Waals surface area contributed by atoms with Crippen LogP contribution in [0.4, 0.5) is 11.4 Å². The number of hydrogen-bond acceptors (Lipinski definition) is 9. The SMILES string of the molecule is COC(=O)c1ccc(O)c(S(=O)(=O)Nc2cc(C#N)c(Cl)cc2N2CCCC[C@@H]2CCCOCOCC[Si](C)(C)C)c1. The number of hydrogen-bond donors (Lipinski definition) is 2. The first-order valence-corrected chi connectivity index (χ1v) is 19.5. The third-order valence-corrected chi connectivity index (χ3v) is 10.5. The molecule has 0 aliphatic carbocycles. The van der Waals surface area contributed by atoms with Gasteiger partial charge in [-0.3, -0.25) is 4.72 Å². The van der Waals surface area contributed by atoms with Gasteiger partial charge in [0.15, 0.2) is 0 Å². The van der Waals surface area contributed by atoms with Crippen molar-refractivity contribution in [1.29, 1.82) is 5.26 Å². The number of aromatic hydroxyl groups is 1. The molecule has 3 rings (SSSR count). The highest BCUT2D eigenvalue weighted by atomic mass is 35.5. The van der Waals surface area contributed by atoms with Gasteiger partial charge in [-0.25, -0.2) is 13.2 Å². The monoisotopic (exact) mass is 637 g/mol. The van der Waals surface area contributed by atoms with Crippen molar-refractivity contribution in [3.8, 4) is 11.8 Å². The van der Waals surface area contributed by atoms with E-state index in [1.165, 1.54) is 19.2 Å². The normalized spacial score (nSPS) is 15.7. The van der Waals surface area contributed by atoms with Gasteiger partial charge in [0.25, 0.3) is 10.0 Å². The zero-order valence-electron chi connectivity index (χ0n) is 24.6. The summed E-state index contributed by atoms with van der Waals surface area (Å²) in [5.74, 6) is -1.28. The van der Waals surface area contributed by atoms with Gasteiger partial charge in [-0.1, -0.05) is 31.2 Å². The van der Waals surface area contributed by atoms with Crippen molar-refractivity contribution in [2.45, 2.75) is 68.7 Å². The van der Waals surface area contributed by atoms with E-state index in [2.05, 4.69) is 34.0 Å². The summed E-state index contributed by atoms with van der Waals surface area (Å²) in [5.41, 5.74) is 0.746. The molecule has 0 spiro atoms. The van der Waals surface area contributed by atoms with Crippen molar-refractivity contribution in [2.75, 3.05) is 43.3 Å². The Balaban J connectivity index is 1.79. The maximum atomic E-state index is 13.5. The van der Waals surface area contributed by atoms with Gasteiger partial charge in [-0.2, -0.15) is 5.26 Å². The van der Waals surface area contributed by atoms with Crippen molar-refractivity contribution in [1.82, 2.24) is 0 Å². The van der Waals surface area contributed by atoms with Gasteiger partial charge in [0.1, 0.15) is 23.5 Å². The Hall–Kier alpha value is -2.82. The van der Waals surface area contributed by atoms with Crippen LogP contribution in [0.2, 0.25) is 30.7 Å². The zero-order chi connectivity index (χ0) is 30.9. The van der Waals surface area contributed by atoms with E-state index in [1.54, 1.807) is 6.07 Å². The Morgan fingerprint density at radius 2 is 1.93 bits per heavy atom. The standard InChI is InChI=1S/C29H40ClN3O7SSi/c1-38-29(35)21-10-11-27(34)28(17-21)41(36,37)32-25-16-22(19-31)24(30)18-26(25)33-12-6-5-8-23(33)9-7-13-39-20-40-14-15-42(2,3)4/h10-11,16-18,23,32,34H,5-9,12-15,20H2,1-4H3/t23-/m1/s1. The van der Waals surface area contributed by atoms with E-state index in [0.717, 1.165) is 50.3 Å². The van der Waals surface area contributed by atoms with Gasteiger partial charge in [-0.15, -0.1) is 0 Å². The minimum Gasteiger partial charge on any atom is -0.507 e. The van der Waals surface area contributed by atoms with Crippen LogP contribution in [-0.4, -0.2) is 67.3 Å². The summed E-state index contributed by atoms with van der Waals surface area (Å²) in [7, 11) is -4.35. The van der Waals surface area contributed by atoms with Gasteiger partial charge in [0, 0.05) is 33.9 Å². The predicted molar refractivity (Wildman–Crippen MR) is 166 cm³/mol. The van der Waals surface area contributed by atoms with E-state index in [0.29, 0.717) is 25.4 Å². The minimum absolute atomic E-state index is 0.0375. The zero-order valence-corrected chi connectivity index (χ0v) is 27.2. The van der Waals surface area contributed by atoms with Gasteiger partial charge in [-0.05, 0) is 68.5 Å². The van der Waals surface area contributed by atoms with Crippen molar-refractivity contribution < 1.29 is 32.5 Å². The van der Waals surface area contributed by atoms with Crippen molar-refractivity contribution in [2.24, 2.45) is 0 Å². The Labute approximate surface area is 254 Å². The maximum absolute atomic E-state index is 13.5. The average molecular weight is 638 g/mol. The molecule has 1 atom stereocenters. The summed E-state index contributed by atoms with van der Waals surface area (Å²) in [4.78, 5) is 13.6. The molecule has 2 N–H and O–H groups in total. The minimum atomic E-state index is -4.38. The molecule has 42 heavy (non-hydrogen) atoms. The van der Waals surface area contributed by atoms with E-state index >= 15 is 0 Å². The molecule has 0 saturated carbocycles. The van der Waals surface area contributed by atoms with Gasteiger partial charge in [0.05, 0.1) is 34.6 Å². The molecule has 1 heterocycles. The van der Waals surface area contributed by atoms with E-state index < -0.39 is 34.7 Å². The van der Waals surface area contributed by atoms with Gasteiger partial charge in [0.2, 0.25) is 0 Å². The fourth-order valence-electron chi connectivity index (χ4n) is 4.74. The van der Waals surface area contributed by atoms with Crippen LogP contribution in [0, 0.1) is 11.3 Å². The number of nitrogens with zero attached hydrogens (tertiary/aromatic N) is 2. The molecule has 2 aromatic rings. The number of piperidine rings is 1. The lowest BCUT2D eigenvalue weighted by Gasteiger charge is -2.39. The lowest BCUT2D eigenvalue weighted by molar-refractivity contribution is -0.0506. The van der Waals surface area contributed by atoms with Crippen molar-refractivity contribution in [3.05, 3.63) is 46.5 Å². The van der Waals surface area contributed by atoms with E-state index in [1.807, 2.05) is 6.07 Å². The molecule has 0 amide bonds. The van der Waals surface area contributed by atoms with Crippen LogP contribution in [0.15, 0.2) is 35.2 Å². The van der Waals surface area contributed by atoms with E-state index in [4.69, 9.17) is 21.1 Å². The molecule has 0 unspecified atom stereocenters. The predicted octanol–water partition coefficient (Wildman–Crippen LogP) is 5.97. The number of phenols is 1. The number of nitrogens with one attached hydrogen (secondary N) is 1. The first kappa shape index (κ1) is 33.7. The van der Waals surface area contributed by atoms with Gasteiger partial charge >= 0.3 is 5.97 Å². The summed E-state index contributed by atoms with van der Waals surface area (Å²) < 4.78 is 45.5. The fraction of sp³-hybridized carbons (Fsp3) is 0.517. The molecule has 13 heteroatoms. The van der Waals surface area contributed by atoms with Crippen LogP contribution in [0.5, 0.6) is 5.75 Å². The van der Waals surface area contributed by atoms with Crippen LogP contribution in [0.1, 0.15) is 48.0 Å². The van der Waals surface area contributed by atoms with Crippen LogP contribution in [-0.2, 0) is 24.2 Å². The highest BCUT2D eigenvalue weighted by molar-refractivity contribution is 7.92. The number of halogens is 1. The Bertz CT molecular complexity index is 1390. The number of sulfonamides is 1. The molecule has 1 aliphatic rings. The summed E-state index contributed by atoms with van der Waals surface area (Å²) in [6, 6.07) is 9.60. The number of phenolic OH excluding ortho intramolecular Hbond substituents is 1. The largest absolute Gasteiger partial charge is 0.507 e.